The normalized spacial score (nSPS) is 19.2. The minimum atomic E-state index is -0.453. The zero-order valence-corrected chi connectivity index (χ0v) is 25.7. The standard InChI is InChI=1S/C33H35ClFN7O/c1-6-28(43)41-13-11-22(14-21(41)10-12-36)42-32-25-15-27(34)29(24-9-7-8-19(2)20(24)3)30(35)31(25)38-33(26(32)16-37-42)40-17-23(18-40)39(4)5/h6-9,15-16,21-23H,1,10-11,13-14,17-18H2,2-5H3/t21-,22+/m1/s1. The van der Waals surface area contributed by atoms with Crippen molar-refractivity contribution in [2.24, 2.45) is 0 Å². The van der Waals surface area contributed by atoms with E-state index in [0.29, 0.717) is 47.2 Å². The van der Waals surface area contributed by atoms with E-state index in [0.717, 1.165) is 40.7 Å². The van der Waals surface area contributed by atoms with Crippen molar-refractivity contribution in [3.8, 4) is 17.2 Å². The van der Waals surface area contributed by atoms with Crippen LogP contribution in [0.5, 0.6) is 0 Å². The van der Waals surface area contributed by atoms with E-state index in [1.807, 2.05) is 49.0 Å². The average molecular weight is 600 g/mol. The average Bonchev–Trinajstić information content (AvgIpc) is 3.40. The number of pyridine rings is 1. The highest BCUT2D eigenvalue weighted by molar-refractivity contribution is 6.35. The van der Waals surface area contributed by atoms with E-state index >= 15 is 4.39 Å². The molecule has 1 amide bonds. The molecule has 8 nitrogen and oxygen atoms in total. The van der Waals surface area contributed by atoms with Crippen LogP contribution in [0.15, 0.2) is 43.1 Å². The maximum absolute atomic E-state index is 16.8. The number of carbonyl (C=O) groups excluding carboxylic acids is 1. The molecule has 0 aliphatic carbocycles. The fraction of sp³-hybridized carbons (Fsp3) is 0.394. The summed E-state index contributed by atoms with van der Waals surface area (Å²) in [4.78, 5) is 23.6. The molecule has 43 heavy (non-hydrogen) atoms. The molecule has 2 atom stereocenters. The zero-order valence-electron chi connectivity index (χ0n) is 24.9. The van der Waals surface area contributed by atoms with Crippen LogP contribution in [0.25, 0.3) is 32.9 Å². The summed E-state index contributed by atoms with van der Waals surface area (Å²) in [5.74, 6) is 0.0698. The van der Waals surface area contributed by atoms with E-state index in [2.05, 4.69) is 36.5 Å². The number of amides is 1. The summed E-state index contributed by atoms with van der Waals surface area (Å²) in [6.07, 6.45) is 4.51. The van der Waals surface area contributed by atoms with Gasteiger partial charge in [0.05, 0.1) is 40.7 Å². The number of likely N-dealkylation sites (N-methyl/N-ethyl adjacent to an activating group) is 1. The number of nitriles is 1. The van der Waals surface area contributed by atoms with E-state index in [1.54, 1.807) is 4.90 Å². The van der Waals surface area contributed by atoms with Gasteiger partial charge in [0.15, 0.2) is 5.82 Å². The number of aryl methyl sites for hydroxylation is 1. The van der Waals surface area contributed by atoms with Crippen LogP contribution in [0.3, 0.4) is 0 Å². The Bertz CT molecular complexity index is 1800. The number of aromatic nitrogens is 3. The molecule has 2 fully saturated rings. The molecule has 0 bridgehead atoms. The molecule has 4 aromatic rings. The van der Waals surface area contributed by atoms with Crippen LogP contribution in [0.1, 0.15) is 36.4 Å². The van der Waals surface area contributed by atoms with Gasteiger partial charge < -0.3 is 14.7 Å². The Kier molecular flexibility index (Phi) is 7.61. The van der Waals surface area contributed by atoms with Gasteiger partial charge in [-0.05, 0) is 69.6 Å². The van der Waals surface area contributed by atoms with Gasteiger partial charge in [-0.1, -0.05) is 36.4 Å². The van der Waals surface area contributed by atoms with Gasteiger partial charge in [0, 0.05) is 42.7 Å². The second kappa shape index (κ2) is 11.3. The molecular formula is C33H35ClFN7O. The molecule has 2 aliphatic heterocycles. The third-order valence-corrected chi connectivity index (χ3v) is 9.58. The lowest BCUT2D eigenvalue weighted by Crippen LogP contribution is -2.57. The van der Waals surface area contributed by atoms with Crippen molar-refractivity contribution in [1.82, 2.24) is 24.6 Å². The molecule has 2 aliphatic rings. The predicted octanol–water partition coefficient (Wildman–Crippen LogP) is 6.04. The fourth-order valence-electron chi connectivity index (χ4n) is 6.56. The molecule has 0 radical (unpaired) electrons. The Hall–Kier alpha value is -4.00. The third kappa shape index (κ3) is 4.83. The molecule has 6 rings (SSSR count). The number of halogens is 2. The van der Waals surface area contributed by atoms with Crippen LogP contribution in [0, 0.1) is 31.0 Å². The minimum absolute atomic E-state index is 0.102. The summed E-state index contributed by atoms with van der Waals surface area (Å²) in [6.45, 7) is 9.63. The number of fused-ring (bicyclic) bond motifs is 3. The molecule has 0 spiro atoms. The fourth-order valence-corrected chi connectivity index (χ4v) is 6.85. The number of carbonyl (C=O) groups is 1. The van der Waals surface area contributed by atoms with Crippen LogP contribution in [0.2, 0.25) is 5.02 Å². The zero-order chi connectivity index (χ0) is 30.6. The maximum atomic E-state index is 16.8. The number of piperidine rings is 1. The Labute approximate surface area is 255 Å². The number of likely N-dealkylation sites (tertiary alicyclic amines) is 1. The molecule has 10 heteroatoms. The number of anilines is 1. The van der Waals surface area contributed by atoms with Crippen LogP contribution < -0.4 is 4.90 Å². The first kappa shape index (κ1) is 29.1. The second-order valence-electron chi connectivity index (χ2n) is 11.9. The second-order valence-corrected chi connectivity index (χ2v) is 12.3. The number of hydrogen-bond donors (Lipinski definition) is 0. The summed E-state index contributed by atoms with van der Waals surface area (Å²) in [7, 11) is 4.12. The smallest absolute Gasteiger partial charge is 0.246 e. The van der Waals surface area contributed by atoms with Crippen LogP contribution >= 0.6 is 11.6 Å². The molecule has 0 N–H and O–H groups in total. The van der Waals surface area contributed by atoms with Gasteiger partial charge in [-0.15, -0.1) is 0 Å². The van der Waals surface area contributed by atoms with Crippen LogP contribution in [-0.2, 0) is 4.79 Å². The first-order chi connectivity index (χ1) is 20.6. The summed E-state index contributed by atoms with van der Waals surface area (Å²) >= 11 is 6.90. The first-order valence-electron chi connectivity index (χ1n) is 14.6. The van der Waals surface area contributed by atoms with Crippen LogP contribution in [-0.4, -0.2) is 76.3 Å². The molecule has 222 valence electrons. The molecule has 4 heterocycles. The lowest BCUT2D eigenvalue weighted by atomic mass is 9.94. The molecular weight excluding hydrogens is 565 g/mol. The Morgan fingerprint density at radius 2 is 2.05 bits per heavy atom. The van der Waals surface area contributed by atoms with Crippen molar-refractivity contribution >= 4 is 45.1 Å². The van der Waals surface area contributed by atoms with Gasteiger partial charge in [-0.25, -0.2) is 9.37 Å². The highest BCUT2D eigenvalue weighted by Crippen LogP contribution is 2.43. The van der Waals surface area contributed by atoms with Crippen molar-refractivity contribution in [1.29, 1.82) is 5.26 Å². The van der Waals surface area contributed by atoms with E-state index in [-0.39, 0.29) is 29.9 Å². The minimum Gasteiger partial charge on any atom is -0.353 e. The van der Waals surface area contributed by atoms with E-state index in [1.165, 1.54) is 6.08 Å². The summed E-state index contributed by atoms with van der Waals surface area (Å²) < 4.78 is 18.7. The molecule has 2 saturated heterocycles. The van der Waals surface area contributed by atoms with Gasteiger partial charge in [-0.3, -0.25) is 9.48 Å². The molecule has 2 aromatic carbocycles. The topological polar surface area (TPSA) is 81.3 Å². The first-order valence-corrected chi connectivity index (χ1v) is 15.0. The Morgan fingerprint density at radius 1 is 1.28 bits per heavy atom. The molecule has 0 saturated carbocycles. The number of nitrogens with zero attached hydrogens (tertiary/aromatic N) is 7. The van der Waals surface area contributed by atoms with E-state index < -0.39 is 5.82 Å². The van der Waals surface area contributed by atoms with Crippen molar-refractivity contribution in [3.63, 3.8) is 0 Å². The van der Waals surface area contributed by atoms with Crippen molar-refractivity contribution in [2.45, 2.75) is 51.2 Å². The lowest BCUT2D eigenvalue weighted by molar-refractivity contribution is -0.130. The van der Waals surface area contributed by atoms with Gasteiger partial charge in [0.1, 0.15) is 11.3 Å². The maximum Gasteiger partial charge on any atom is 0.246 e. The Morgan fingerprint density at radius 3 is 2.74 bits per heavy atom. The highest BCUT2D eigenvalue weighted by atomic mass is 35.5. The van der Waals surface area contributed by atoms with Crippen molar-refractivity contribution in [2.75, 3.05) is 38.6 Å². The largest absolute Gasteiger partial charge is 0.353 e. The Balaban J connectivity index is 1.55. The summed E-state index contributed by atoms with van der Waals surface area (Å²) in [5.41, 5.74) is 4.14. The van der Waals surface area contributed by atoms with Gasteiger partial charge in [0.2, 0.25) is 5.91 Å². The third-order valence-electron chi connectivity index (χ3n) is 9.29. The number of hydrogen-bond acceptors (Lipinski definition) is 6. The number of rotatable bonds is 6. The van der Waals surface area contributed by atoms with Gasteiger partial charge in [0.25, 0.3) is 0 Å². The predicted molar refractivity (Wildman–Crippen MR) is 169 cm³/mol. The van der Waals surface area contributed by atoms with Crippen molar-refractivity contribution < 1.29 is 9.18 Å². The van der Waals surface area contributed by atoms with Crippen LogP contribution in [0.4, 0.5) is 10.2 Å². The summed E-state index contributed by atoms with van der Waals surface area (Å²) in [6, 6.07) is 9.86. The molecule has 0 unspecified atom stereocenters. The molecule has 2 aromatic heterocycles. The van der Waals surface area contributed by atoms with Gasteiger partial charge in [-0.2, -0.15) is 10.4 Å². The number of benzene rings is 2. The highest BCUT2D eigenvalue weighted by Gasteiger charge is 2.35. The van der Waals surface area contributed by atoms with E-state index in [4.69, 9.17) is 21.7 Å². The monoisotopic (exact) mass is 599 g/mol. The quantitative estimate of drug-likeness (QED) is 0.251. The lowest BCUT2D eigenvalue weighted by Gasteiger charge is -2.43. The van der Waals surface area contributed by atoms with Gasteiger partial charge >= 0.3 is 0 Å². The van der Waals surface area contributed by atoms with Crippen molar-refractivity contribution in [3.05, 3.63) is 65.1 Å². The summed E-state index contributed by atoms with van der Waals surface area (Å²) in [5, 5.41) is 16.1. The van der Waals surface area contributed by atoms with E-state index in [9.17, 15) is 10.1 Å². The SMILES string of the molecule is C=CC(=O)N1CC[C@H](n2ncc3c(N4CC(N(C)C)C4)nc4c(F)c(-c5cccc(C)c5C)c(Cl)cc4c32)C[C@H]1CC#N.